The van der Waals surface area contributed by atoms with Crippen molar-refractivity contribution in [1.82, 2.24) is 15.2 Å². The number of nitrogens with zero attached hydrogens (tertiary/aromatic N) is 3. The van der Waals surface area contributed by atoms with Gasteiger partial charge in [-0.1, -0.05) is 11.3 Å². The first-order valence-electron chi connectivity index (χ1n) is 4.80. The average Bonchev–Trinajstić information content (AvgIpc) is 2.75. The van der Waals surface area contributed by atoms with E-state index in [4.69, 9.17) is 4.74 Å². The van der Waals surface area contributed by atoms with Gasteiger partial charge in [-0.15, -0.1) is 10.2 Å². The Labute approximate surface area is 102 Å². The van der Waals surface area contributed by atoms with Crippen molar-refractivity contribution in [2.75, 3.05) is 12.4 Å². The molecule has 0 saturated heterocycles. The lowest BCUT2D eigenvalue weighted by atomic mass is 10.3. The fourth-order valence-corrected chi connectivity index (χ4v) is 1.74. The molecule has 6 nitrogen and oxygen atoms in total. The molecular formula is C10H10N4O2S. The van der Waals surface area contributed by atoms with Crippen LogP contribution in [-0.4, -0.2) is 28.2 Å². The fraction of sp³-hybridized carbons (Fsp3) is 0.200. The molecule has 1 N–H and O–H groups in total. The minimum absolute atomic E-state index is 0.267. The second-order valence-corrected chi connectivity index (χ2v) is 4.35. The van der Waals surface area contributed by atoms with Crippen molar-refractivity contribution in [1.29, 1.82) is 0 Å². The topological polar surface area (TPSA) is 77.0 Å². The fourth-order valence-electron chi connectivity index (χ4n) is 1.15. The van der Waals surface area contributed by atoms with Gasteiger partial charge in [0.05, 0.1) is 12.7 Å². The van der Waals surface area contributed by atoms with E-state index < -0.39 is 0 Å². The van der Waals surface area contributed by atoms with Crippen molar-refractivity contribution < 1.29 is 9.53 Å². The number of hydrogen-bond acceptors (Lipinski definition) is 6. The molecule has 0 aliphatic heterocycles. The lowest BCUT2D eigenvalue weighted by molar-refractivity contribution is 0.102. The number of hydrogen-bond donors (Lipinski definition) is 1. The molecule has 1 amide bonds. The Morgan fingerprint density at radius 3 is 2.76 bits per heavy atom. The van der Waals surface area contributed by atoms with E-state index in [1.807, 2.05) is 6.92 Å². The molecule has 0 aliphatic rings. The molecule has 0 fully saturated rings. The van der Waals surface area contributed by atoms with Gasteiger partial charge in [-0.05, 0) is 13.0 Å². The van der Waals surface area contributed by atoms with Crippen molar-refractivity contribution in [3.8, 4) is 5.88 Å². The molecule has 7 heteroatoms. The number of ether oxygens (including phenoxy) is 1. The first kappa shape index (κ1) is 11.5. The van der Waals surface area contributed by atoms with Crippen LogP contribution in [0.5, 0.6) is 5.88 Å². The third-order valence-electron chi connectivity index (χ3n) is 1.95. The maximum atomic E-state index is 11.8. The summed E-state index contributed by atoms with van der Waals surface area (Å²) in [6.07, 6.45) is 1.45. The quantitative estimate of drug-likeness (QED) is 0.893. The molecule has 2 aromatic rings. The van der Waals surface area contributed by atoms with E-state index in [9.17, 15) is 4.79 Å². The number of amides is 1. The van der Waals surface area contributed by atoms with E-state index in [1.165, 1.54) is 24.6 Å². The largest absolute Gasteiger partial charge is 0.481 e. The molecule has 2 aromatic heterocycles. The Hall–Kier alpha value is -2.02. The van der Waals surface area contributed by atoms with E-state index in [1.54, 1.807) is 12.1 Å². The van der Waals surface area contributed by atoms with Crippen molar-refractivity contribution in [3.63, 3.8) is 0 Å². The molecule has 0 unspecified atom stereocenters. The van der Waals surface area contributed by atoms with Gasteiger partial charge in [0.1, 0.15) is 5.01 Å². The van der Waals surface area contributed by atoms with Gasteiger partial charge >= 0.3 is 0 Å². The maximum Gasteiger partial charge on any atom is 0.259 e. The number of aromatic nitrogens is 3. The van der Waals surface area contributed by atoms with Crippen LogP contribution in [0.1, 0.15) is 15.4 Å². The highest BCUT2D eigenvalue weighted by molar-refractivity contribution is 7.15. The SMILES string of the molecule is COc1ccc(C(=O)Nc2nnc(C)s2)cn1. The van der Waals surface area contributed by atoms with Crippen LogP contribution in [0.15, 0.2) is 18.3 Å². The zero-order valence-corrected chi connectivity index (χ0v) is 10.1. The Balaban J connectivity index is 2.09. The molecular weight excluding hydrogens is 240 g/mol. The van der Waals surface area contributed by atoms with Crippen LogP contribution >= 0.6 is 11.3 Å². The number of anilines is 1. The van der Waals surface area contributed by atoms with Gasteiger partial charge < -0.3 is 4.74 Å². The zero-order chi connectivity index (χ0) is 12.3. The summed E-state index contributed by atoms with van der Waals surface area (Å²) in [7, 11) is 1.52. The Morgan fingerprint density at radius 1 is 1.41 bits per heavy atom. The second-order valence-electron chi connectivity index (χ2n) is 3.17. The summed E-state index contributed by atoms with van der Waals surface area (Å²) in [5, 5.41) is 11.5. The number of aryl methyl sites for hydroxylation is 1. The summed E-state index contributed by atoms with van der Waals surface area (Å²) >= 11 is 1.32. The summed E-state index contributed by atoms with van der Waals surface area (Å²) in [6.45, 7) is 1.82. The van der Waals surface area contributed by atoms with E-state index in [-0.39, 0.29) is 5.91 Å². The van der Waals surface area contributed by atoms with Crippen molar-refractivity contribution in [3.05, 3.63) is 28.9 Å². The lowest BCUT2D eigenvalue weighted by Crippen LogP contribution is -2.12. The summed E-state index contributed by atoms with van der Waals surface area (Å²) in [5.74, 6) is 0.199. The highest BCUT2D eigenvalue weighted by atomic mass is 32.1. The maximum absolute atomic E-state index is 11.8. The first-order chi connectivity index (χ1) is 8.19. The van der Waals surface area contributed by atoms with Gasteiger partial charge in [-0.3, -0.25) is 10.1 Å². The number of methoxy groups -OCH3 is 1. The Bertz CT molecular complexity index is 523. The molecule has 0 saturated carbocycles. The molecule has 88 valence electrons. The summed E-state index contributed by atoms with van der Waals surface area (Å²) < 4.78 is 4.91. The molecule has 17 heavy (non-hydrogen) atoms. The van der Waals surface area contributed by atoms with Crippen LogP contribution in [0, 0.1) is 6.92 Å². The lowest BCUT2D eigenvalue weighted by Gasteiger charge is -2.01. The third kappa shape index (κ3) is 2.76. The van der Waals surface area contributed by atoms with Gasteiger partial charge in [0, 0.05) is 12.3 Å². The van der Waals surface area contributed by atoms with Crippen LogP contribution in [0.2, 0.25) is 0 Å². The minimum Gasteiger partial charge on any atom is -0.481 e. The minimum atomic E-state index is -0.267. The first-order valence-corrected chi connectivity index (χ1v) is 5.62. The van der Waals surface area contributed by atoms with E-state index >= 15 is 0 Å². The number of rotatable bonds is 3. The molecule has 0 radical (unpaired) electrons. The van der Waals surface area contributed by atoms with Crippen LogP contribution in [0.4, 0.5) is 5.13 Å². The Kier molecular flexibility index (Phi) is 3.29. The number of pyridine rings is 1. The molecule has 0 spiro atoms. The average molecular weight is 250 g/mol. The standard InChI is InChI=1S/C10H10N4O2S/c1-6-13-14-10(17-6)12-9(15)7-3-4-8(16-2)11-5-7/h3-5H,1-2H3,(H,12,14,15). The molecule has 2 rings (SSSR count). The van der Waals surface area contributed by atoms with Gasteiger partial charge in [-0.2, -0.15) is 0 Å². The highest BCUT2D eigenvalue weighted by Crippen LogP contribution is 2.15. The smallest absolute Gasteiger partial charge is 0.259 e. The van der Waals surface area contributed by atoms with E-state index in [2.05, 4.69) is 20.5 Å². The summed E-state index contributed by atoms with van der Waals surface area (Å²) in [4.78, 5) is 15.7. The second kappa shape index (κ2) is 4.88. The number of carbonyl (C=O) groups is 1. The number of carbonyl (C=O) groups excluding carboxylic acids is 1. The van der Waals surface area contributed by atoms with Gasteiger partial charge in [0.25, 0.3) is 5.91 Å². The van der Waals surface area contributed by atoms with Crippen LogP contribution in [0.3, 0.4) is 0 Å². The van der Waals surface area contributed by atoms with Crippen molar-refractivity contribution in [2.24, 2.45) is 0 Å². The summed E-state index contributed by atoms with van der Waals surface area (Å²) in [5.41, 5.74) is 0.443. The van der Waals surface area contributed by atoms with Crippen molar-refractivity contribution >= 4 is 22.4 Å². The monoisotopic (exact) mass is 250 g/mol. The molecule has 0 aliphatic carbocycles. The normalized spacial score (nSPS) is 10.0. The van der Waals surface area contributed by atoms with E-state index in [0.29, 0.717) is 16.6 Å². The van der Waals surface area contributed by atoms with Crippen LogP contribution in [0.25, 0.3) is 0 Å². The molecule has 2 heterocycles. The van der Waals surface area contributed by atoms with Gasteiger partial charge in [0.15, 0.2) is 0 Å². The van der Waals surface area contributed by atoms with Crippen molar-refractivity contribution in [2.45, 2.75) is 6.92 Å². The van der Waals surface area contributed by atoms with Gasteiger partial charge in [0.2, 0.25) is 11.0 Å². The van der Waals surface area contributed by atoms with E-state index in [0.717, 1.165) is 5.01 Å². The predicted molar refractivity (Wildman–Crippen MR) is 63.4 cm³/mol. The molecule has 0 aromatic carbocycles. The van der Waals surface area contributed by atoms with Crippen LogP contribution in [-0.2, 0) is 0 Å². The zero-order valence-electron chi connectivity index (χ0n) is 9.30. The predicted octanol–water partition coefficient (Wildman–Crippen LogP) is 1.50. The van der Waals surface area contributed by atoms with Crippen LogP contribution < -0.4 is 10.1 Å². The Morgan fingerprint density at radius 2 is 2.24 bits per heavy atom. The van der Waals surface area contributed by atoms with Gasteiger partial charge in [-0.25, -0.2) is 4.98 Å². The molecule has 0 atom stereocenters. The highest BCUT2D eigenvalue weighted by Gasteiger charge is 2.09. The third-order valence-corrected chi connectivity index (χ3v) is 2.71. The summed E-state index contributed by atoms with van der Waals surface area (Å²) in [6, 6.07) is 3.26. The molecule has 0 bridgehead atoms. The number of nitrogens with one attached hydrogen (secondary N) is 1.